The van der Waals surface area contributed by atoms with Crippen LogP contribution in [0.5, 0.6) is 0 Å². The van der Waals surface area contributed by atoms with Crippen LogP contribution in [0.25, 0.3) is 0 Å². The van der Waals surface area contributed by atoms with Crippen molar-refractivity contribution in [1.29, 1.82) is 0 Å². The molecule has 0 radical (unpaired) electrons. The van der Waals surface area contributed by atoms with Crippen LogP contribution in [0, 0.1) is 23.0 Å². The highest BCUT2D eigenvalue weighted by molar-refractivity contribution is 5.59. The number of aryl methyl sites for hydroxylation is 1. The average molecular weight is 236 g/mol. The summed E-state index contributed by atoms with van der Waals surface area (Å²) in [7, 11) is 0. The van der Waals surface area contributed by atoms with Crippen molar-refractivity contribution in [2.24, 2.45) is 5.92 Å². The number of hydrogen-bond acceptors (Lipinski definition) is 4. The molecule has 2 rings (SSSR count). The molecule has 0 saturated carbocycles. The Hall–Kier alpha value is -1.62. The van der Waals surface area contributed by atoms with Crippen LogP contribution in [0.4, 0.5) is 11.4 Å². The van der Waals surface area contributed by atoms with E-state index < -0.39 is 0 Å². The van der Waals surface area contributed by atoms with Crippen LogP contribution >= 0.6 is 0 Å². The Kier molecular flexibility index (Phi) is 3.28. The van der Waals surface area contributed by atoms with Crippen LogP contribution in [-0.4, -0.2) is 29.7 Å². The fourth-order valence-electron chi connectivity index (χ4n) is 2.25. The monoisotopic (exact) mass is 236 g/mol. The van der Waals surface area contributed by atoms with Crippen LogP contribution in [-0.2, 0) is 0 Å². The minimum atomic E-state index is -0.372. The topological polar surface area (TPSA) is 66.6 Å². The maximum atomic E-state index is 10.7. The van der Waals surface area contributed by atoms with Gasteiger partial charge < -0.3 is 10.0 Å². The largest absolute Gasteiger partial charge is 0.396 e. The van der Waals surface area contributed by atoms with Crippen LogP contribution in [0.3, 0.4) is 0 Å². The fourth-order valence-corrected chi connectivity index (χ4v) is 2.25. The molecule has 0 aromatic heterocycles. The van der Waals surface area contributed by atoms with E-state index in [4.69, 9.17) is 5.11 Å². The molecule has 1 heterocycles. The Morgan fingerprint density at radius 3 is 2.94 bits per heavy atom. The highest BCUT2D eigenvalue weighted by Crippen LogP contribution is 2.29. The van der Waals surface area contributed by atoms with E-state index in [1.54, 1.807) is 12.1 Å². The molecule has 92 valence electrons. The standard InChI is InChI=1S/C12H16N2O3/c1-9-2-3-11(14(16)17)6-12(9)13-5-4-10(7-13)8-15/h2-3,6,10,15H,4-5,7-8H2,1H3. The molecule has 0 aliphatic carbocycles. The van der Waals surface area contributed by atoms with E-state index in [-0.39, 0.29) is 23.1 Å². The summed E-state index contributed by atoms with van der Waals surface area (Å²) in [5.74, 6) is 0.286. The Morgan fingerprint density at radius 1 is 1.59 bits per heavy atom. The second-order valence-electron chi connectivity index (χ2n) is 4.51. The van der Waals surface area contributed by atoms with E-state index in [1.165, 1.54) is 6.07 Å². The van der Waals surface area contributed by atoms with Crippen molar-refractivity contribution < 1.29 is 10.0 Å². The molecule has 17 heavy (non-hydrogen) atoms. The molecule has 1 aromatic carbocycles. The van der Waals surface area contributed by atoms with Crippen molar-refractivity contribution >= 4 is 11.4 Å². The predicted molar refractivity (Wildman–Crippen MR) is 65.2 cm³/mol. The summed E-state index contributed by atoms with van der Waals surface area (Å²) in [6.07, 6.45) is 0.943. The summed E-state index contributed by atoms with van der Waals surface area (Å²) >= 11 is 0. The first kappa shape index (κ1) is 11.9. The predicted octanol–water partition coefficient (Wildman–Crippen LogP) is 1.72. The third-order valence-corrected chi connectivity index (χ3v) is 3.29. The van der Waals surface area contributed by atoms with Crippen LogP contribution in [0.2, 0.25) is 0 Å². The molecule has 1 aromatic rings. The van der Waals surface area contributed by atoms with E-state index in [9.17, 15) is 10.1 Å². The Balaban J connectivity index is 2.25. The van der Waals surface area contributed by atoms with Crippen molar-refractivity contribution in [3.05, 3.63) is 33.9 Å². The van der Waals surface area contributed by atoms with Gasteiger partial charge in [0, 0.05) is 43.4 Å². The van der Waals surface area contributed by atoms with Gasteiger partial charge in [-0.1, -0.05) is 6.07 Å². The Bertz CT molecular complexity index is 434. The van der Waals surface area contributed by atoms with E-state index in [1.807, 2.05) is 6.92 Å². The van der Waals surface area contributed by atoms with Crippen molar-refractivity contribution in [3.63, 3.8) is 0 Å². The molecular formula is C12H16N2O3. The second-order valence-corrected chi connectivity index (χ2v) is 4.51. The molecule has 1 aliphatic heterocycles. The first-order chi connectivity index (χ1) is 8.11. The fraction of sp³-hybridized carbons (Fsp3) is 0.500. The molecule has 1 saturated heterocycles. The van der Waals surface area contributed by atoms with Crippen molar-refractivity contribution in [2.75, 3.05) is 24.6 Å². The Morgan fingerprint density at radius 2 is 2.35 bits per heavy atom. The number of benzene rings is 1. The molecule has 1 N–H and O–H groups in total. The zero-order valence-corrected chi connectivity index (χ0v) is 9.80. The van der Waals surface area contributed by atoms with Gasteiger partial charge in [0.05, 0.1) is 4.92 Å². The SMILES string of the molecule is Cc1ccc([N+](=O)[O-])cc1N1CCC(CO)C1. The molecule has 0 bridgehead atoms. The summed E-state index contributed by atoms with van der Waals surface area (Å²) in [6.45, 7) is 3.77. The maximum Gasteiger partial charge on any atom is 0.271 e. The lowest BCUT2D eigenvalue weighted by atomic mass is 10.1. The second kappa shape index (κ2) is 4.71. The van der Waals surface area contributed by atoms with Gasteiger partial charge >= 0.3 is 0 Å². The average Bonchev–Trinajstić information content (AvgIpc) is 2.77. The zero-order chi connectivity index (χ0) is 12.4. The number of nitro benzene ring substituents is 1. The molecule has 1 fully saturated rings. The molecule has 1 aliphatic rings. The molecule has 1 unspecified atom stereocenters. The lowest BCUT2D eigenvalue weighted by molar-refractivity contribution is -0.384. The number of aliphatic hydroxyl groups excluding tert-OH is 1. The summed E-state index contributed by atoms with van der Waals surface area (Å²) in [5, 5.41) is 19.9. The minimum absolute atomic E-state index is 0.123. The number of rotatable bonds is 3. The molecular weight excluding hydrogens is 220 g/mol. The van der Waals surface area contributed by atoms with Crippen molar-refractivity contribution in [3.8, 4) is 0 Å². The molecule has 0 amide bonds. The summed E-state index contributed by atoms with van der Waals surface area (Å²) < 4.78 is 0. The lowest BCUT2D eigenvalue weighted by Gasteiger charge is -2.20. The smallest absolute Gasteiger partial charge is 0.271 e. The van der Waals surface area contributed by atoms with Gasteiger partial charge in [0.1, 0.15) is 0 Å². The van der Waals surface area contributed by atoms with Crippen molar-refractivity contribution in [2.45, 2.75) is 13.3 Å². The molecule has 0 spiro atoms. The van der Waals surface area contributed by atoms with Gasteiger partial charge in [-0.2, -0.15) is 0 Å². The third-order valence-electron chi connectivity index (χ3n) is 3.29. The van der Waals surface area contributed by atoms with Gasteiger partial charge in [-0.05, 0) is 18.9 Å². The van der Waals surface area contributed by atoms with E-state index >= 15 is 0 Å². The van der Waals surface area contributed by atoms with E-state index in [0.29, 0.717) is 0 Å². The van der Waals surface area contributed by atoms with Gasteiger partial charge in [0.2, 0.25) is 0 Å². The minimum Gasteiger partial charge on any atom is -0.396 e. The van der Waals surface area contributed by atoms with Crippen LogP contribution in [0.15, 0.2) is 18.2 Å². The van der Waals surface area contributed by atoms with Gasteiger partial charge in [-0.3, -0.25) is 10.1 Å². The Labute approximate surface area is 99.8 Å². The number of nitro groups is 1. The van der Waals surface area contributed by atoms with Gasteiger partial charge in [0.25, 0.3) is 5.69 Å². The van der Waals surface area contributed by atoms with Crippen LogP contribution in [0.1, 0.15) is 12.0 Å². The first-order valence-corrected chi connectivity index (χ1v) is 5.72. The summed E-state index contributed by atoms with van der Waals surface area (Å²) in [6, 6.07) is 4.92. The quantitative estimate of drug-likeness (QED) is 0.641. The van der Waals surface area contributed by atoms with Crippen LogP contribution < -0.4 is 4.90 Å². The lowest BCUT2D eigenvalue weighted by Crippen LogP contribution is -2.21. The number of nitrogens with zero attached hydrogens (tertiary/aromatic N) is 2. The van der Waals surface area contributed by atoms with Gasteiger partial charge in [-0.15, -0.1) is 0 Å². The first-order valence-electron chi connectivity index (χ1n) is 5.72. The molecule has 5 nitrogen and oxygen atoms in total. The molecule has 1 atom stereocenters. The molecule has 5 heteroatoms. The zero-order valence-electron chi connectivity index (χ0n) is 9.80. The third kappa shape index (κ3) is 2.39. The highest BCUT2D eigenvalue weighted by Gasteiger charge is 2.24. The number of hydrogen-bond donors (Lipinski definition) is 1. The van der Waals surface area contributed by atoms with E-state index in [0.717, 1.165) is 30.8 Å². The highest BCUT2D eigenvalue weighted by atomic mass is 16.6. The van der Waals surface area contributed by atoms with Gasteiger partial charge in [-0.25, -0.2) is 0 Å². The number of non-ortho nitro benzene ring substituents is 1. The van der Waals surface area contributed by atoms with E-state index in [2.05, 4.69) is 4.90 Å². The normalized spacial score (nSPS) is 19.6. The summed E-state index contributed by atoms with van der Waals surface area (Å²) in [5.41, 5.74) is 2.07. The number of aliphatic hydroxyl groups is 1. The summed E-state index contributed by atoms with van der Waals surface area (Å²) in [4.78, 5) is 12.5. The van der Waals surface area contributed by atoms with Crippen molar-refractivity contribution in [1.82, 2.24) is 0 Å². The number of anilines is 1. The van der Waals surface area contributed by atoms with Gasteiger partial charge in [0.15, 0.2) is 0 Å². The maximum absolute atomic E-state index is 10.7.